The summed E-state index contributed by atoms with van der Waals surface area (Å²) in [6.07, 6.45) is 2.62. The highest BCUT2D eigenvalue weighted by Crippen LogP contribution is 2.21. The maximum absolute atomic E-state index is 11.1. The monoisotopic (exact) mass is 244 g/mol. The lowest BCUT2D eigenvalue weighted by atomic mass is 10.2. The van der Waals surface area contributed by atoms with E-state index in [0.717, 1.165) is 23.5 Å². The van der Waals surface area contributed by atoms with Crippen LogP contribution in [0.5, 0.6) is 0 Å². The summed E-state index contributed by atoms with van der Waals surface area (Å²) < 4.78 is 1.72. The Morgan fingerprint density at radius 3 is 2.83 bits per heavy atom. The average Bonchev–Trinajstić information content (AvgIpc) is 2.64. The van der Waals surface area contributed by atoms with Crippen LogP contribution in [-0.2, 0) is 13.6 Å². The van der Waals surface area contributed by atoms with Gasteiger partial charge in [0.25, 0.3) is 0 Å². The Bertz CT molecular complexity index is 548. The molecule has 5 nitrogen and oxygen atoms in total. The first-order valence-corrected chi connectivity index (χ1v) is 5.73. The van der Waals surface area contributed by atoms with Crippen LogP contribution >= 0.6 is 0 Å². The van der Waals surface area contributed by atoms with Crippen molar-refractivity contribution in [2.45, 2.75) is 13.5 Å². The maximum Gasteiger partial charge on any atom is 0.155 e. The number of carbonyl (C=O) groups excluding carboxylic acids is 1. The van der Waals surface area contributed by atoms with E-state index in [-0.39, 0.29) is 0 Å². The van der Waals surface area contributed by atoms with Crippen molar-refractivity contribution in [3.8, 4) is 0 Å². The molecule has 0 aliphatic carbocycles. The van der Waals surface area contributed by atoms with Crippen LogP contribution in [0.25, 0.3) is 0 Å². The Balaban J connectivity index is 2.29. The third-order valence-corrected chi connectivity index (χ3v) is 2.84. The van der Waals surface area contributed by atoms with Crippen LogP contribution in [0.15, 0.2) is 24.4 Å². The van der Waals surface area contributed by atoms with Crippen LogP contribution < -0.4 is 4.90 Å². The summed E-state index contributed by atoms with van der Waals surface area (Å²) >= 11 is 0. The minimum atomic E-state index is 0.635. The molecule has 5 heteroatoms. The predicted molar refractivity (Wildman–Crippen MR) is 69.7 cm³/mol. The first-order chi connectivity index (χ1) is 8.63. The summed E-state index contributed by atoms with van der Waals surface area (Å²) in [6, 6.07) is 5.79. The number of pyridine rings is 1. The van der Waals surface area contributed by atoms with E-state index >= 15 is 0 Å². The van der Waals surface area contributed by atoms with Gasteiger partial charge in [-0.2, -0.15) is 5.10 Å². The summed E-state index contributed by atoms with van der Waals surface area (Å²) in [7, 11) is 3.77. The molecule has 0 spiro atoms. The molecule has 0 aliphatic rings. The van der Waals surface area contributed by atoms with Gasteiger partial charge >= 0.3 is 0 Å². The Labute approximate surface area is 106 Å². The van der Waals surface area contributed by atoms with Gasteiger partial charge in [-0.3, -0.25) is 14.5 Å². The van der Waals surface area contributed by atoms with Crippen LogP contribution in [0.2, 0.25) is 0 Å². The summed E-state index contributed by atoms with van der Waals surface area (Å²) in [4.78, 5) is 17.4. The third-order valence-electron chi connectivity index (χ3n) is 2.84. The number of hydrogen-bond acceptors (Lipinski definition) is 4. The highest BCUT2D eigenvalue weighted by atomic mass is 16.1. The minimum absolute atomic E-state index is 0.635. The molecule has 0 unspecified atom stereocenters. The largest absolute Gasteiger partial charge is 0.353 e. The first kappa shape index (κ1) is 12.3. The van der Waals surface area contributed by atoms with E-state index < -0.39 is 0 Å². The molecule has 0 fully saturated rings. The normalized spacial score (nSPS) is 10.4. The van der Waals surface area contributed by atoms with Gasteiger partial charge in [0, 0.05) is 20.3 Å². The van der Waals surface area contributed by atoms with Crippen molar-refractivity contribution < 1.29 is 4.79 Å². The van der Waals surface area contributed by atoms with Gasteiger partial charge in [0.15, 0.2) is 6.29 Å². The van der Waals surface area contributed by atoms with Gasteiger partial charge in [-0.25, -0.2) is 0 Å². The van der Waals surface area contributed by atoms with E-state index in [2.05, 4.69) is 10.1 Å². The zero-order chi connectivity index (χ0) is 13.1. The Morgan fingerprint density at radius 1 is 1.44 bits per heavy atom. The van der Waals surface area contributed by atoms with Gasteiger partial charge in [-0.15, -0.1) is 0 Å². The molecular formula is C13H16N4O. The average molecular weight is 244 g/mol. The smallest absolute Gasteiger partial charge is 0.155 e. The SMILES string of the molecule is Cc1nn(C)c(N(C)Cc2ccccn2)c1C=O. The molecular weight excluding hydrogens is 228 g/mol. The van der Waals surface area contributed by atoms with Crippen molar-refractivity contribution in [2.75, 3.05) is 11.9 Å². The maximum atomic E-state index is 11.1. The highest BCUT2D eigenvalue weighted by Gasteiger charge is 2.16. The molecule has 18 heavy (non-hydrogen) atoms. The van der Waals surface area contributed by atoms with Gasteiger partial charge in [-0.05, 0) is 19.1 Å². The van der Waals surface area contributed by atoms with Crippen molar-refractivity contribution >= 4 is 12.1 Å². The van der Waals surface area contributed by atoms with E-state index in [4.69, 9.17) is 0 Å². The third kappa shape index (κ3) is 2.25. The van der Waals surface area contributed by atoms with Crippen LogP contribution in [-0.4, -0.2) is 28.1 Å². The number of aryl methyl sites for hydroxylation is 2. The van der Waals surface area contributed by atoms with Crippen molar-refractivity contribution in [1.29, 1.82) is 0 Å². The summed E-state index contributed by atoms with van der Waals surface area (Å²) in [6.45, 7) is 2.47. The van der Waals surface area contributed by atoms with Gasteiger partial charge in [0.2, 0.25) is 0 Å². The van der Waals surface area contributed by atoms with Crippen molar-refractivity contribution in [2.24, 2.45) is 7.05 Å². The number of nitrogens with zero attached hydrogens (tertiary/aromatic N) is 4. The minimum Gasteiger partial charge on any atom is -0.353 e. The summed E-state index contributed by atoms with van der Waals surface area (Å²) in [5, 5.41) is 4.27. The number of rotatable bonds is 4. The van der Waals surface area contributed by atoms with Gasteiger partial charge in [0.1, 0.15) is 5.82 Å². The van der Waals surface area contributed by atoms with E-state index in [1.165, 1.54) is 0 Å². The number of carbonyl (C=O) groups is 1. The molecule has 0 atom stereocenters. The molecule has 2 rings (SSSR count). The van der Waals surface area contributed by atoms with Crippen molar-refractivity contribution in [1.82, 2.24) is 14.8 Å². The lowest BCUT2D eigenvalue weighted by molar-refractivity contribution is 0.112. The molecule has 0 radical (unpaired) electrons. The molecule has 0 aliphatic heterocycles. The standard InChI is InChI=1S/C13H16N4O/c1-10-12(9-18)13(17(3)15-10)16(2)8-11-6-4-5-7-14-11/h4-7,9H,8H2,1-3H3. The van der Waals surface area contributed by atoms with Crippen LogP contribution in [0.1, 0.15) is 21.7 Å². The summed E-state index contributed by atoms with van der Waals surface area (Å²) in [5.41, 5.74) is 2.34. The predicted octanol–water partition coefficient (Wildman–Crippen LogP) is 1.57. The van der Waals surface area contributed by atoms with Gasteiger partial charge < -0.3 is 4.90 Å². The molecule has 0 aromatic carbocycles. The zero-order valence-corrected chi connectivity index (χ0v) is 10.8. The summed E-state index contributed by atoms with van der Waals surface area (Å²) in [5.74, 6) is 0.813. The van der Waals surface area contributed by atoms with Gasteiger partial charge in [0.05, 0.1) is 23.5 Å². The number of hydrogen-bond donors (Lipinski definition) is 0. The van der Waals surface area contributed by atoms with E-state index in [1.54, 1.807) is 10.9 Å². The first-order valence-electron chi connectivity index (χ1n) is 5.73. The molecule has 0 bridgehead atoms. The molecule has 0 amide bonds. The topological polar surface area (TPSA) is 51.0 Å². The fourth-order valence-corrected chi connectivity index (χ4v) is 2.06. The fraction of sp³-hybridized carbons (Fsp3) is 0.308. The molecule has 2 aromatic rings. The highest BCUT2D eigenvalue weighted by molar-refractivity contribution is 5.84. The number of aromatic nitrogens is 3. The quantitative estimate of drug-likeness (QED) is 0.766. The van der Waals surface area contributed by atoms with Crippen molar-refractivity contribution in [3.63, 3.8) is 0 Å². The second-order valence-corrected chi connectivity index (χ2v) is 4.24. The number of aldehydes is 1. The van der Waals surface area contributed by atoms with Crippen LogP contribution in [0.4, 0.5) is 5.82 Å². The molecule has 0 saturated heterocycles. The Kier molecular flexibility index (Phi) is 3.41. The second kappa shape index (κ2) is 5.00. The van der Waals surface area contributed by atoms with Crippen LogP contribution in [0.3, 0.4) is 0 Å². The lowest BCUT2D eigenvalue weighted by Gasteiger charge is -2.19. The molecule has 2 aromatic heterocycles. The van der Waals surface area contributed by atoms with E-state index in [0.29, 0.717) is 12.1 Å². The second-order valence-electron chi connectivity index (χ2n) is 4.24. The molecule has 0 saturated carbocycles. The number of anilines is 1. The molecule has 2 heterocycles. The van der Waals surface area contributed by atoms with Gasteiger partial charge in [-0.1, -0.05) is 6.07 Å². The molecule has 94 valence electrons. The lowest BCUT2D eigenvalue weighted by Crippen LogP contribution is -2.21. The molecule has 0 N–H and O–H groups in total. The van der Waals surface area contributed by atoms with E-state index in [9.17, 15) is 4.79 Å². The zero-order valence-electron chi connectivity index (χ0n) is 10.8. The Morgan fingerprint density at radius 2 is 2.22 bits per heavy atom. The van der Waals surface area contributed by atoms with E-state index in [1.807, 2.05) is 44.1 Å². The fourth-order valence-electron chi connectivity index (χ4n) is 2.06. The Hall–Kier alpha value is -2.17. The van der Waals surface area contributed by atoms with Crippen molar-refractivity contribution in [3.05, 3.63) is 41.3 Å². The van der Waals surface area contributed by atoms with Crippen LogP contribution in [0, 0.1) is 6.92 Å².